The van der Waals surface area contributed by atoms with Crippen molar-refractivity contribution in [3.8, 4) is 0 Å². The van der Waals surface area contributed by atoms with Crippen LogP contribution in [0.3, 0.4) is 0 Å². The zero-order valence-corrected chi connectivity index (χ0v) is 11.4. The minimum absolute atomic E-state index is 0.229. The molecule has 0 heterocycles. The van der Waals surface area contributed by atoms with Crippen LogP contribution < -0.4 is 5.32 Å². The van der Waals surface area contributed by atoms with Crippen molar-refractivity contribution in [1.82, 2.24) is 5.32 Å². The molecule has 19 heavy (non-hydrogen) atoms. The van der Waals surface area contributed by atoms with E-state index in [9.17, 15) is 9.59 Å². The van der Waals surface area contributed by atoms with E-state index in [0.717, 1.165) is 4.90 Å². The molecule has 1 rings (SSSR count). The van der Waals surface area contributed by atoms with Gasteiger partial charge in [-0.15, -0.1) is 18.3 Å². The van der Waals surface area contributed by atoms with Crippen LogP contribution in [-0.2, 0) is 9.59 Å². The third kappa shape index (κ3) is 6.10. The first-order valence-electron chi connectivity index (χ1n) is 5.94. The maximum Gasteiger partial charge on any atom is 0.326 e. The largest absolute Gasteiger partial charge is 0.480 e. The van der Waals surface area contributed by atoms with E-state index in [1.165, 1.54) is 6.08 Å². The molecule has 0 saturated carbocycles. The van der Waals surface area contributed by atoms with E-state index in [1.807, 2.05) is 30.3 Å². The highest BCUT2D eigenvalue weighted by atomic mass is 32.2. The molecule has 1 atom stereocenters. The Balaban J connectivity index is 2.31. The maximum absolute atomic E-state index is 11.6. The van der Waals surface area contributed by atoms with Gasteiger partial charge in [0.25, 0.3) is 0 Å². The minimum atomic E-state index is -1.04. The van der Waals surface area contributed by atoms with Gasteiger partial charge in [-0.1, -0.05) is 24.3 Å². The van der Waals surface area contributed by atoms with E-state index in [1.54, 1.807) is 11.8 Å². The molecule has 102 valence electrons. The second kappa shape index (κ2) is 8.37. The van der Waals surface area contributed by atoms with Crippen LogP contribution in [0.4, 0.5) is 0 Å². The Hall–Kier alpha value is -1.75. The van der Waals surface area contributed by atoms with Crippen molar-refractivity contribution in [2.24, 2.45) is 0 Å². The zero-order valence-electron chi connectivity index (χ0n) is 10.5. The summed E-state index contributed by atoms with van der Waals surface area (Å²) in [5.41, 5.74) is 0. The smallest absolute Gasteiger partial charge is 0.326 e. The van der Waals surface area contributed by atoms with E-state index in [-0.39, 0.29) is 12.3 Å². The highest BCUT2D eigenvalue weighted by Gasteiger charge is 2.17. The highest BCUT2D eigenvalue weighted by molar-refractivity contribution is 7.99. The van der Waals surface area contributed by atoms with Gasteiger partial charge in [-0.3, -0.25) is 4.79 Å². The van der Waals surface area contributed by atoms with Crippen LogP contribution in [0.2, 0.25) is 0 Å². The van der Waals surface area contributed by atoms with E-state index in [4.69, 9.17) is 5.11 Å². The summed E-state index contributed by atoms with van der Waals surface area (Å²) in [5, 5.41) is 11.4. The van der Waals surface area contributed by atoms with E-state index in [2.05, 4.69) is 11.9 Å². The normalized spacial score (nSPS) is 11.6. The van der Waals surface area contributed by atoms with Gasteiger partial charge < -0.3 is 10.4 Å². The van der Waals surface area contributed by atoms with E-state index < -0.39 is 12.0 Å². The number of benzene rings is 1. The van der Waals surface area contributed by atoms with Crippen LogP contribution in [0.5, 0.6) is 0 Å². The summed E-state index contributed by atoms with van der Waals surface area (Å²) in [5.74, 6) is -0.669. The van der Waals surface area contributed by atoms with Gasteiger partial charge in [-0.25, -0.2) is 4.79 Å². The number of hydrogen-bond acceptors (Lipinski definition) is 3. The molecular weight excluding hydrogens is 262 g/mol. The third-order valence-corrected chi connectivity index (χ3v) is 3.39. The monoisotopic (exact) mass is 279 g/mol. The van der Waals surface area contributed by atoms with Crippen LogP contribution in [0.15, 0.2) is 47.9 Å². The van der Waals surface area contributed by atoms with E-state index in [0.29, 0.717) is 12.2 Å². The molecule has 0 aromatic heterocycles. The molecule has 0 spiro atoms. The van der Waals surface area contributed by atoms with Crippen molar-refractivity contribution in [3.63, 3.8) is 0 Å². The number of carboxylic acids is 1. The molecular formula is C14H17NO3S. The molecule has 0 bridgehead atoms. The Kier molecular flexibility index (Phi) is 6.74. The molecule has 5 heteroatoms. The number of aliphatic carboxylic acids is 1. The van der Waals surface area contributed by atoms with Gasteiger partial charge in [0.05, 0.1) is 0 Å². The van der Waals surface area contributed by atoms with Crippen LogP contribution in [-0.4, -0.2) is 28.8 Å². The Bertz CT molecular complexity index is 434. The summed E-state index contributed by atoms with van der Waals surface area (Å²) in [6, 6.07) is 8.87. The van der Waals surface area contributed by atoms with Crippen LogP contribution in [0.1, 0.15) is 12.8 Å². The summed E-state index contributed by atoms with van der Waals surface area (Å²) in [7, 11) is 0. The van der Waals surface area contributed by atoms with Gasteiger partial charge in [-0.2, -0.15) is 0 Å². The Labute approximate surface area is 116 Å². The number of nitrogens with one attached hydrogen (secondary N) is 1. The number of carbonyl (C=O) groups is 2. The fraction of sp³-hybridized carbons (Fsp3) is 0.286. The predicted molar refractivity (Wildman–Crippen MR) is 76.2 cm³/mol. The first-order valence-corrected chi connectivity index (χ1v) is 6.93. The zero-order chi connectivity index (χ0) is 14.1. The molecule has 4 nitrogen and oxygen atoms in total. The number of rotatable bonds is 8. The maximum atomic E-state index is 11.6. The summed E-state index contributed by atoms with van der Waals surface area (Å²) in [6.07, 6.45) is 2.01. The quantitative estimate of drug-likeness (QED) is 0.566. The number of thioether (sulfide) groups is 1. The topological polar surface area (TPSA) is 66.4 Å². The number of carboxylic acid groups (broad SMARTS) is 1. The molecule has 1 amide bonds. The van der Waals surface area contributed by atoms with Gasteiger partial charge in [0.2, 0.25) is 5.91 Å². The second-order valence-electron chi connectivity index (χ2n) is 3.89. The molecule has 0 saturated heterocycles. The molecule has 0 aliphatic carbocycles. The molecule has 0 aliphatic rings. The van der Waals surface area contributed by atoms with Gasteiger partial charge in [-0.05, 0) is 18.6 Å². The number of amides is 1. The number of hydrogen-bond donors (Lipinski definition) is 2. The summed E-state index contributed by atoms with van der Waals surface area (Å²) < 4.78 is 0. The summed E-state index contributed by atoms with van der Waals surface area (Å²) in [6.45, 7) is 3.47. The van der Waals surface area contributed by atoms with Crippen molar-refractivity contribution >= 4 is 23.6 Å². The number of carbonyl (C=O) groups excluding carboxylic acids is 1. The average Bonchev–Trinajstić information content (AvgIpc) is 2.39. The van der Waals surface area contributed by atoms with Gasteiger partial charge in [0.15, 0.2) is 0 Å². The van der Waals surface area contributed by atoms with Crippen LogP contribution >= 0.6 is 11.8 Å². The molecule has 1 aromatic rings. The standard InChI is InChI=1S/C14H17NO3S/c1-2-6-12(14(17)18)15-13(16)9-10-19-11-7-4-3-5-8-11/h2-5,7-8,12H,1,6,9-10H2,(H,15,16)(H,17,18). The Morgan fingerprint density at radius 2 is 2.05 bits per heavy atom. The van der Waals surface area contributed by atoms with Crippen LogP contribution in [0, 0.1) is 0 Å². The Morgan fingerprint density at radius 3 is 2.63 bits per heavy atom. The lowest BCUT2D eigenvalue weighted by atomic mass is 10.2. The minimum Gasteiger partial charge on any atom is -0.480 e. The third-order valence-electron chi connectivity index (χ3n) is 2.38. The molecule has 1 aromatic carbocycles. The fourth-order valence-corrected chi connectivity index (χ4v) is 2.31. The molecule has 0 radical (unpaired) electrons. The molecule has 2 N–H and O–H groups in total. The average molecular weight is 279 g/mol. The molecule has 1 unspecified atom stereocenters. The van der Waals surface area contributed by atoms with Gasteiger partial charge in [0, 0.05) is 17.1 Å². The summed E-state index contributed by atoms with van der Waals surface area (Å²) in [4.78, 5) is 23.5. The van der Waals surface area contributed by atoms with Crippen molar-refractivity contribution in [2.45, 2.75) is 23.8 Å². The second-order valence-corrected chi connectivity index (χ2v) is 5.06. The van der Waals surface area contributed by atoms with Crippen molar-refractivity contribution in [1.29, 1.82) is 0 Å². The predicted octanol–water partition coefficient (Wildman–Crippen LogP) is 2.31. The Morgan fingerprint density at radius 1 is 1.37 bits per heavy atom. The van der Waals surface area contributed by atoms with Crippen molar-refractivity contribution in [2.75, 3.05) is 5.75 Å². The lowest BCUT2D eigenvalue weighted by molar-refractivity contribution is -0.141. The SMILES string of the molecule is C=CCC(NC(=O)CCSc1ccccc1)C(=O)O. The van der Waals surface area contributed by atoms with Gasteiger partial charge in [0.1, 0.15) is 6.04 Å². The van der Waals surface area contributed by atoms with Crippen LogP contribution in [0.25, 0.3) is 0 Å². The van der Waals surface area contributed by atoms with Gasteiger partial charge >= 0.3 is 5.97 Å². The highest BCUT2D eigenvalue weighted by Crippen LogP contribution is 2.17. The van der Waals surface area contributed by atoms with Crippen molar-refractivity contribution < 1.29 is 14.7 Å². The fourth-order valence-electron chi connectivity index (χ4n) is 1.43. The molecule has 0 fully saturated rings. The van der Waals surface area contributed by atoms with E-state index >= 15 is 0 Å². The first kappa shape index (κ1) is 15.3. The first-order chi connectivity index (χ1) is 9.13. The lowest BCUT2D eigenvalue weighted by Gasteiger charge is -2.12. The lowest BCUT2D eigenvalue weighted by Crippen LogP contribution is -2.40. The van der Waals surface area contributed by atoms with Crippen molar-refractivity contribution in [3.05, 3.63) is 43.0 Å². The molecule has 0 aliphatic heterocycles. The summed E-state index contributed by atoms with van der Waals surface area (Å²) >= 11 is 1.57.